The predicted octanol–water partition coefficient (Wildman–Crippen LogP) is 6.02. The summed E-state index contributed by atoms with van der Waals surface area (Å²) in [4.78, 5) is 13.6. The Morgan fingerprint density at radius 2 is 1.55 bits per heavy atom. The van der Waals surface area contributed by atoms with Crippen LogP contribution < -0.4 is 10.2 Å². The first-order chi connectivity index (χ1) is 13.4. The monoisotopic (exact) mass is 416 g/mol. The van der Waals surface area contributed by atoms with E-state index in [4.69, 9.17) is 0 Å². The third-order valence-electron chi connectivity index (χ3n) is 4.86. The second-order valence-corrected chi connectivity index (χ2v) is 7.02. The summed E-state index contributed by atoms with van der Waals surface area (Å²) in [5.41, 5.74) is -1.82. The van der Waals surface area contributed by atoms with Gasteiger partial charge in [-0.15, -0.1) is 0 Å². The number of rotatable bonds is 2. The summed E-state index contributed by atoms with van der Waals surface area (Å²) in [7, 11) is 0. The predicted molar refractivity (Wildman–Crippen MR) is 96.5 cm³/mol. The van der Waals surface area contributed by atoms with E-state index in [1.54, 1.807) is 36.1 Å². The maximum Gasteiger partial charge on any atom is 0.416 e. The highest BCUT2D eigenvalue weighted by Gasteiger charge is 2.38. The molecule has 29 heavy (non-hydrogen) atoms. The standard InChI is InChI=1S/C20H18F6N2O/c1-11-7-17(16-5-3-4-6-18(16)28(11)12(2)29)27-15-9-13(19(21,22)23)8-14(10-15)20(24,25)26/h3-6,8-11,17,27H,7H2,1-2H3. The molecular weight excluding hydrogens is 398 g/mol. The highest BCUT2D eigenvalue weighted by Crippen LogP contribution is 2.41. The van der Waals surface area contributed by atoms with Crippen LogP contribution >= 0.6 is 0 Å². The first-order valence-corrected chi connectivity index (χ1v) is 8.82. The first kappa shape index (κ1) is 21.0. The molecule has 1 amide bonds. The van der Waals surface area contributed by atoms with Crippen LogP contribution in [-0.4, -0.2) is 11.9 Å². The van der Waals surface area contributed by atoms with Gasteiger partial charge in [0.2, 0.25) is 5.91 Å². The van der Waals surface area contributed by atoms with Crippen LogP contribution in [0.2, 0.25) is 0 Å². The minimum atomic E-state index is -4.92. The van der Waals surface area contributed by atoms with Crippen molar-refractivity contribution in [3.05, 3.63) is 59.2 Å². The summed E-state index contributed by atoms with van der Waals surface area (Å²) in [6, 6.07) is 7.42. The first-order valence-electron chi connectivity index (χ1n) is 8.82. The molecule has 0 saturated carbocycles. The molecule has 0 aromatic heterocycles. The van der Waals surface area contributed by atoms with Gasteiger partial charge in [-0.2, -0.15) is 26.3 Å². The fourth-order valence-electron chi connectivity index (χ4n) is 3.67. The van der Waals surface area contributed by atoms with Gasteiger partial charge in [-0.25, -0.2) is 0 Å². The number of fused-ring (bicyclic) bond motifs is 1. The Labute approximate surface area is 163 Å². The molecule has 3 rings (SSSR count). The van der Waals surface area contributed by atoms with Crippen molar-refractivity contribution in [1.29, 1.82) is 0 Å². The summed E-state index contributed by atoms with van der Waals surface area (Å²) < 4.78 is 78.7. The quantitative estimate of drug-likeness (QED) is 0.607. The fraction of sp³-hybridized carbons (Fsp3) is 0.350. The molecule has 0 fully saturated rings. The Kier molecular flexibility index (Phi) is 5.27. The second kappa shape index (κ2) is 7.27. The SMILES string of the molecule is CC(=O)N1c2ccccc2C(Nc2cc(C(F)(F)F)cc(C(F)(F)F)c2)CC1C. The molecule has 156 valence electrons. The lowest BCUT2D eigenvalue weighted by atomic mass is 9.91. The topological polar surface area (TPSA) is 32.3 Å². The second-order valence-electron chi connectivity index (χ2n) is 7.02. The number of para-hydroxylation sites is 1. The number of alkyl halides is 6. The van der Waals surface area contributed by atoms with Crippen molar-refractivity contribution >= 4 is 17.3 Å². The molecule has 0 aliphatic carbocycles. The lowest BCUT2D eigenvalue weighted by Crippen LogP contribution is -2.43. The zero-order valence-corrected chi connectivity index (χ0v) is 15.5. The lowest BCUT2D eigenvalue weighted by molar-refractivity contribution is -0.143. The van der Waals surface area contributed by atoms with Crippen LogP contribution in [-0.2, 0) is 17.1 Å². The number of halogens is 6. The van der Waals surface area contributed by atoms with Gasteiger partial charge in [0.25, 0.3) is 0 Å². The van der Waals surface area contributed by atoms with E-state index in [-0.39, 0.29) is 23.7 Å². The number of anilines is 2. The number of nitrogens with zero attached hydrogens (tertiary/aromatic N) is 1. The Balaban J connectivity index is 2.03. The Morgan fingerprint density at radius 1 is 1.00 bits per heavy atom. The largest absolute Gasteiger partial charge is 0.416 e. The van der Waals surface area contributed by atoms with Crippen molar-refractivity contribution in [3.63, 3.8) is 0 Å². The molecule has 1 N–H and O–H groups in total. The zero-order valence-electron chi connectivity index (χ0n) is 15.5. The van der Waals surface area contributed by atoms with E-state index >= 15 is 0 Å². The average Bonchev–Trinajstić information content (AvgIpc) is 2.59. The van der Waals surface area contributed by atoms with Crippen molar-refractivity contribution in [2.45, 2.75) is 44.7 Å². The minimum Gasteiger partial charge on any atom is -0.378 e. The molecule has 0 bridgehead atoms. The van der Waals surface area contributed by atoms with Crippen molar-refractivity contribution in [2.75, 3.05) is 10.2 Å². The molecule has 2 unspecified atom stereocenters. The normalized spacial score (nSPS) is 19.7. The van der Waals surface area contributed by atoms with Gasteiger partial charge < -0.3 is 10.2 Å². The molecule has 3 nitrogen and oxygen atoms in total. The van der Waals surface area contributed by atoms with Crippen molar-refractivity contribution < 1.29 is 31.1 Å². The molecule has 1 aliphatic rings. The van der Waals surface area contributed by atoms with Crippen LogP contribution in [0.15, 0.2) is 42.5 Å². The number of benzene rings is 2. The fourth-order valence-corrected chi connectivity index (χ4v) is 3.67. The van der Waals surface area contributed by atoms with E-state index in [9.17, 15) is 31.1 Å². The molecule has 1 aliphatic heterocycles. The van der Waals surface area contributed by atoms with E-state index in [0.717, 1.165) is 0 Å². The highest BCUT2D eigenvalue weighted by molar-refractivity contribution is 5.93. The van der Waals surface area contributed by atoms with Crippen molar-refractivity contribution in [2.24, 2.45) is 0 Å². The number of nitrogens with one attached hydrogen (secondary N) is 1. The number of carbonyl (C=O) groups is 1. The maximum absolute atomic E-state index is 13.1. The summed E-state index contributed by atoms with van der Waals surface area (Å²) in [5.74, 6) is -0.193. The average molecular weight is 416 g/mol. The molecule has 1 heterocycles. The minimum absolute atomic E-state index is 0.0973. The van der Waals surface area contributed by atoms with Crippen LogP contribution in [0.4, 0.5) is 37.7 Å². The Morgan fingerprint density at radius 3 is 2.07 bits per heavy atom. The third kappa shape index (κ3) is 4.33. The summed E-state index contributed by atoms with van der Waals surface area (Å²) >= 11 is 0. The van der Waals surface area contributed by atoms with Gasteiger partial charge >= 0.3 is 12.4 Å². The van der Waals surface area contributed by atoms with E-state index in [0.29, 0.717) is 29.8 Å². The number of carbonyl (C=O) groups excluding carboxylic acids is 1. The molecule has 2 aromatic carbocycles. The van der Waals surface area contributed by atoms with E-state index < -0.39 is 29.5 Å². The van der Waals surface area contributed by atoms with Crippen LogP contribution in [0, 0.1) is 0 Å². The van der Waals surface area contributed by atoms with Gasteiger partial charge in [0.15, 0.2) is 0 Å². The number of hydrogen-bond donors (Lipinski definition) is 1. The molecule has 2 atom stereocenters. The maximum atomic E-state index is 13.1. The van der Waals surface area contributed by atoms with E-state index in [2.05, 4.69) is 5.32 Å². The molecular formula is C20H18F6N2O. The number of amides is 1. The third-order valence-corrected chi connectivity index (χ3v) is 4.86. The lowest BCUT2D eigenvalue weighted by Gasteiger charge is -2.39. The van der Waals surface area contributed by atoms with Gasteiger partial charge in [0.05, 0.1) is 17.2 Å². The van der Waals surface area contributed by atoms with Crippen LogP contribution in [0.3, 0.4) is 0 Å². The number of hydrogen-bond acceptors (Lipinski definition) is 2. The molecule has 9 heteroatoms. The zero-order chi connectivity index (χ0) is 21.6. The van der Waals surface area contributed by atoms with Gasteiger partial charge in [0.1, 0.15) is 0 Å². The smallest absolute Gasteiger partial charge is 0.378 e. The highest BCUT2D eigenvalue weighted by atomic mass is 19.4. The summed E-state index contributed by atoms with van der Waals surface area (Å²) in [6.07, 6.45) is -9.50. The summed E-state index contributed by atoms with van der Waals surface area (Å²) in [6.45, 7) is 3.18. The molecule has 0 spiro atoms. The van der Waals surface area contributed by atoms with Crippen LogP contribution in [0.1, 0.15) is 43.0 Å². The molecule has 0 saturated heterocycles. The van der Waals surface area contributed by atoms with Gasteiger partial charge in [-0.05, 0) is 43.2 Å². The Bertz CT molecular complexity index is 890. The van der Waals surface area contributed by atoms with Gasteiger partial charge in [-0.1, -0.05) is 18.2 Å². The van der Waals surface area contributed by atoms with Gasteiger partial charge in [-0.3, -0.25) is 4.79 Å². The van der Waals surface area contributed by atoms with Crippen molar-refractivity contribution in [3.8, 4) is 0 Å². The molecule has 2 aromatic rings. The van der Waals surface area contributed by atoms with E-state index in [1.807, 2.05) is 0 Å². The van der Waals surface area contributed by atoms with Crippen LogP contribution in [0.25, 0.3) is 0 Å². The van der Waals surface area contributed by atoms with Crippen LogP contribution in [0.5, 0.6) is 0 Å². The Hall–Kier alpha value is -2.71. The van der Waals surface area contributed by atoms with E-state index in [1.165, 1.54) is 6.92 Å². The summed E-state index contributed by atoms with van der Waals surface area (Å²) in [5, 5.41) is 2.81. The van der Waals surface area contributed by atoms with Gasteiger partial charge in [0, 0.05) is 24.3 Å². The molecule has 0 radical (unpaired) electrons. The van der Waals surface area contributed by atoms with Crippen molar-refractivity contribution in [1.82, 2.24) is 0 Å².